The van der Waals surface area contributed by atoms with Crippen molar-refractivity contribution in [2.75, 3.05) is 13.1 Å². The van der Waals surface area contributed by atoms with Crippen LogP contribution in [0, 0.1) is 13.8 Å². The van der Waals surface area contributed by atoms with Crippen molar-refractivity contribution in [1.82, 2.24) is 24.4 Å². The maximum Gasteiger partial charge on any atom is 0.328 e. The van der Waals surface area contributed by atoms with Crippen molar-refractivity contribution < 1.29 is 9.90 Å². The lowest BCUT2D eigenvalue weighted by atomic mass is 9.88. The minimum absolute atomic E-state index is 0.0510. The quantitative estimate of drug-likeness (QED) is 0.765. The van der Waals surface area contributed by atoms with E-state index in [0.717, 1.165) is 0 Å². The van der Waals surface area contributed by atoms with Crippen LogP contribution < -0.4 is 11.2 Å². The molecule has 9 nitrogen and oxygen atoms in total. The van der Waals surface area contributed by atoms with Crippen LogP contribution in [0.2, 0.25) is 0 Å². The van der Waals surface area contributed by atoms with Gasteiger partial charge < -0.3 is 10.0 Å². The summed E-state index contributed by atoms with van der Waals surface area (Å²) in [5, 5.41) is 10.9. The van der Waals surface area contributed by atoms with Crippen LogP contribution in [0.15, 0.2) is 28.3 Å². The number of hydrogen-bond donors (Lipinski definition) is 2. The Balaban J connectivity index is 1.88. The summed E-state index contributed by atoms with van der Waals surface area (Å²) in [7, 11) is 0. The molecule has 0 saturated carbocycles. The molecule has 2 aromatic rings. The molecule has 2 aromatic heterocycles. The summed E-state index contributed by atoms with van der Waals surface area (Å²) in [6, 6.07) is -0.553. The zero-order chi connectivity index (χ0) is 19.1. The number of aryl methyl sites for hydroxylation is 2. The second-order valence-corrected chi connectivity index (χ2v) is 6.89. The number of hydrogen-bond acceptors (Lipinski definition) is 6. The Morgan fingerprint density at radius 3 is 2.77 bits per heavy atom. The molecule has 1 aliphatic heterocycles. The van der Waals surface area contributed by atoms with E-state index in [9.17, 15) is 19.5 Å². The number of rotatable bonds is 2. The number of amides is 1. The standard InChI is InChI=1S/C17H21N5O4/c1-10-7-22(16(25)20-14(10)23)13-4-5-21(8-17(13,3)26)15(24)12-6-18-9-19-11(12)2/h6-7,9,13,26H,4-5,8H2,1-3H3,(H,20,23,25)/t13-,17-/m0/s1. The van der Waals surface area contributed by atoms with Crippen LogP contribution in [0.4, 0.5) is 0 Å². The van der Waals surface area contributed by atoms with E-state index in [1.54, 1.807) is 20.8 Å². The Morgan fingerprint density at radius 1 is 1.38 bits per heavy atom. The van der Waals surface area contributed by atoms with Crippen LogP contribution in [0.3, 0.4) is 0 Å². The van der Waals surface area contributed by atoms with Gasteiger partial charge in [-0.3, -0.25) is 19.1 Å². The molecule has 2 atom stereocenters. The normalized spacial score (nSPS) is 23.1. The number of aromatic nitrogens is 4. The molecule has 1 saturated heterocycles. The molecule has 0 unspecified atom stereocenters. The van der Waals surface area contributed by atoms with E-state index in [1.807, 2.05) is 0 Å². The third-order valence-electron chi connectivity index (χ3n) is 4.81. The number of aliphatic hydroxyl groups is 1. The second kappa shape index (κ2) is 6.49. The molecule has 1 fully saturated rings. The van der Waals surface area contributed by atoms with Gasteiger partial charge in [0.2, 0.25) is 0 Å². The molecule has 0 spiro atoms. The van der Waals surface area contributed by atoms with E-state index in [0.29, 0.717) is 29.8 Å². The number of β-amino-alcohol motifs (C(OH)–C–C–N with tert-alkyl or cyclic N) is 1. The van der Waals surface area contributed by atoms with Gasteiger partial charge in [0.15, 0.2) is 0 Å². The minimum Gasteiger partial charge on any atom is -0.386 e. The Labute approximate surface area is 149 Å². The van der Waals surface area contributed by atoms with Crippen LogP contribution >= 0.6 is 0 Å². The van der Waals surface area contributed by atoms with Gasteiger partial charge in [-0.1, -0.05) is 0 Å². The monoisotopic (exact) mass is 359 g/mol. The van der Waals surface area contributed by atoms with Gasteiger partial charge in [-0.05, 0) is 27.2 Å². The summed E-state index contributed by atoms with van der Waals surface area (Å²) >= 11 is 0. The highest BCUT2D eigenvalue weighted by Gasteiger charge is 2.41. The molecule has 0 radical (unpaired) electrons. The number of carbonyl (C=O) groups is 1. The van der Waals surface area contributed by atoms with Gasteiger partial charge in [0.25, 0.3) is 11.5 Å². The first kappa shape index (κ1) is 18.0. The highest BCUT2D eigenvalue weighted by molar-refractivity contribution is 5.95. The Kier molecular flexibility index (Phi) is 4.49. The zero-order valence-electron chi connectivity index (χ0n) is 14.9. The first-order valence-corrected chi connectivity index (χ1v) is 8.31. The van der Waals surface area contributed by atoms with Crippen molar-refractivity contribution in [3.8, 4) is 0 Å². The highest BCUT2D eigenvalue weighted by atomic mass is 16.3. The molecule has 1 amide bonds. The summed E-state index contributed by atoms with van der Waals surface area (Å²) in [6.07, 6.45) is 4.66. The number of piperidine rings is 1. The number of aromatic amines is 1. The van der Waals surface area contributed by atoms with Crippen molar-refractivity contribution in [2.45, 2.75) is 38.8 Å². The molecular weight excluding hydrogens is 338 g/mol. The fourth-order valence-corrected chi connectivity index (χ4v) is 3.36. The summed E-state index contributed by atoms with van der Waals surface area (Å²) in [6.45, 7) is 5.31. The van der Waals surface area contributed by atoms with Gasteiger partial charge in [-0.2, -0.15) is 0 Å². The predicted octanol–water partition coefficient (Wildman–Crippen LogP) is -0.218. The summed E-state index contributed by atoms with van der Waals surface area (Å²) in [5.41, 5.74) is -1.02. The molecular formula is C17H21N5O4. The highest BCUT2D eigenvalue weighted by Crippen LogP contribution is 2.31. The average Bonchev–Trinajstić information content (AvgIpc) is 2.57. The van der Waals surface area contributed by atoms with Crippen molar-refractivity contribution in [3.63, 3.8) is 0 Å². The van der Waals surface area contributed by atoms with Crippen LogP contribution in [0.25, 0.3) is 0 Å². The number of likely N-dealkylation sites (tertiary alicyclic amines) is 1. The number of nitrogens with zero attached hydrogens (tertiary/aromatic N) is 4. The summed E-state index contributed by atoms with van der Waals surface area (Å²) in [4.78, 5) is 48.2. The third kappa shape index (κ3) is 3.17. The van der Waals surface area contributed by atoms with E-state index >= 15 is 0 Å². The molecule has 3 heterocycles. The molecule has 26 heavy (non-hydrogen) atoms. The van der Waals surface area contributed by atoms with Crippen LogP contribution in [-0.2, 0) is 0 Å². The minimum atomic E-state index is -1.34. The molecule has 9 heteroatoms. The molecule has 1 aliphatic rings. The Hall–Kier alpha value is -2.81. The van der Waals surface area contributed by atoms with Gasteiger partial charge in [-0.15, -0.1) is 0 Å². The van der Waals surface area contributed by atoms with Crippen molar-refractivity contribution in [2.24, 2.45) is 0 Å². The van der Waals surface area contributed by atoms with E-state index in [2.05, 4.69) is 15.0 Å². The van der Waals surface area contributed by atoms with Crippen LogP contribution in [-0.4, -0.2) is 54.1 Å². The smallest absolute Gasteiger partial charge is 0.328 e. The topological polar surface area (TPSA) is 121 Å². The molecule has 0 bridgehead atoms. The number of nitrogens with one attached hydrogen (secondary N) is 1. The van der Waals surface area contributed by atoms with Gasteiger partial charge in [0.05, 0.1) is 23.8 Å². The largest absolute Gasteiger partial charge is 0.386 e. The molecule has 3 rings (SSSR count). The van der Waals surface area contributed by atoms with E-state index in [1.165, 1.54) is 28.2 Å². The average molecular weight is 359 g/mol. The first-order valence-electron chi connectivity index (χ1n) is 8.31. The van der Waals surface area contributed by atoms with Gasteiger partial charge in [-0.25, -0.2) is 14.8 Å². The lowest BCUT2D eigenvalue weighted by molar-refractivity contribution is -0.0504. The maximum absolute atomic E-state index is 12.7. The maximum atomic E-state index is 12.7. The number of H-pyrrole nitrogens is 1. The van der Waals surface area contributed by atoms with Crippen molar-refractivity contribution in [3.05, 3.63) is 56.4 Å². The van der Waals surface area contributed by atoms with Crippen molar-refractivity contribution in [1.29, 1.82) is 0 Å². The molecule has 0 aromatic carbocycles. The Bertz CT molecular complexity index is 962. The predicted molar refractivity (Wildman–Crippen MR) is 93.0 cm³/mol. The fraction of sp³-hybridized carbons (Fsp3) is 0.471. The van der Waals surface area contributed by atoms with Crippen molar-refractivity contribution >= 4 is 5.91 Å². The lowest BCUT2D eigenvalue weighted by Crippen LogP contribution is -2.56. The van der Waals surface area contributed by atoms with E-state index in [4.69, 9.17) is 0 Å². The van der Waals surface area contributed by atoms with Gasteiger partial charge in [0.1, 0.15) is 11.9 Å². The molecule has 138 valence electrons. The molecule has 0 aliphatic carbocycles. The SMILES string of the molecule is Cc1ncncc1C(=O)N1CC[C@H](n2cc(C)c(=O)[nH]c2=O)[C@@](C)(O)C1. The second-order valence-electron chi connectivity index (χ2n) is 6.89. The number of carbonyl (C=O) groups excluding carboxylic acids is 1. The zero-order valence-corrected chi connectivity index (χ0v) is 14.9. The Morgan fingerprint density at radius 2 is 2.12 bits per heavy atom. The van der Waals surface area contributed by atoms with Crippen LogP contribution in [0.1, 0.15) is 41.0 Å². The van der Waals surface area contributed by atoms with Gasteiger partial charge >= 0.3 is 5.69 Å². The van der Waals surface area contributed by atoms with E-state index < -0.39 is 22.9 Å². The third-order valence-corrected chi connectivity index (χ3v) is 4.81. The molecule has 2 N–H and O–H groups in total. The summed E-state index contributed by atoms with van der Waals surface area (Å²) < 4.78 is 1.34. The first-order chi connectivity index (χ1) is 12.2. The van der Waals surface area contributed by atoms with E-state index in [-0.39, 0.29) is 12.5 Å². The summed E-state index contributed by atoms with van der Waals surface area (Å²) in [5.74, 6) is -0.258. The van der Waals surface area contributed by atoms with Crippen LogP contribution in [0.5, 0.6) is 0 Å². The fourth-order valence-electron chi connectivity index (χ4n) is 3.36. The lowest BCUT2D eigenvalue weighted by Gasteiger charge is -2.43. The van der Waals surface area contributed by atoms with Gasteiger partial charge in [0, 0.05) is 24.5 Å².